The summed E-state index contributed by atoms with van der Waals surface area (Å²) < 4.78 is 22.9. The van der Waals surface area contributed by atoms with Gasteiger partial charge in [0.05, 0.1) is 12.2 Å². The molecule has 0 aromatic heterocycles. The Kier molecular flexibility index (Phi) is 12.4. The minimum atomic E-state index is -1.62. The molecule has 40 heavy (non-hydrogen) atoms. The predicted octanol–water partition coefficient (Wildman–Crippen LogP) is 6.29. The molecule has 0 radical (unpaired) electrons. The Morgan fingerprint density at radius 2 is 1.15 bits per heavy atom. The molecule has 2 atom stereocenters. The molecule has 2 aromatic rings. The van der Waals surface area contributed by atoms with Crippen molar-refractivity contribution < 1.29 is 34.0 Å². The molecular weight excluding hydrogens is 508 g/mol. The number of hydrogen-bond donors (Lipinski definition) is 2. The molecule has 0 aliphatic heterocycles. The number of methoxy groups -OCH3 is 2. The van der Waals surface area contributed by atoms with E-state index in [2.05, 4.69) is 0 Å². The lowest BCUT2D eigenvalue weighted by Crippen LogP contribution is -2.40. The van der Waals surface area contributed by atoms with Gasteiger partial charge in [0.1, 0.15) is 24.7 Å². The number of aliphatic hydroxyl groups excluding tert-OH is 2. The smallest absolute Gasteiger partial charge is 0.260 e. The molecular formula is C33H48O7. The SMILES string of the molecule is C.COC(OC)(C(=O)c1ccc(OCC(O)CC2CCCC2)cc1)c1ccc(OCC(O)CC2CCCC2)cc1. The van der Waals surface area contributed by atoms with E-state index in [0.29, 0.717) is 34.5 Å². The van der Waals surface area contributed by atoms with Crippen LogP contribution in [0.3, 0.4) is 0 Å². The molecule has 0 amide bonds. The summed E-state index contributed by atoms with van der Waals surface area (Å²) in [4.78, 5) is 13.6. The van der Waals surface area contributed by atoms with Crippen molar-refractivity contribution in [2.24, 2.45) is 11.8 Å². The van der Waals surface area contributed by atoms with Crippen LogP contribution in [-0.2, 0) is 15.3 Å². The number of carbonyl (C=O) groups is 1. The molecule has 222 valence electrons. The molecule has 4 rings (SSSR count). The Labute approximate surface area is 239 Å². The third kappa shape index (κ3) is 8.29. The zero-order valence-corrected chi connectivity index (χ0v) is 23.3. The minimum absolute atomic E-state index is 0. The lowest BCUT2D eigenvalue weighted by atomic mass is 9.95. The Morgan fingerprint density at radius 1 is 0.750 bits per heavy atom. The van der Waals surface area contributed by atoms with Gasteiger partial charge in [0.15, 0.2) is 0 Å². The zero-order valence-electron chi connectivity index (χ0n) is 23.3. The summed E-state index contributed by atoms with van der Waals surface area (Å²) in [5.41, 5.74) is 0.944. The second-order valence-electron chi connectivity index (χ2n) is 11.1. The highest BCUT2D eigenvalue weighted by Crippen LogP contribution is 2.33. The van der Waals surface area contributed by atoms with Crippen LogP contribution in [0.5, 0.6) is 11.5 Å². The maximum absolute atomic E-state index is 13.6. The molecule has 7 heteroatoms. The van der Waals surface area contributed by atoms with Gasteiger partial charge in [0.2, 0.25) is 5.78 Å². The van der Waals surface area contributed by atoms with Gasteiger partial charge in [-0.2, -0.15) is 0 Å². The van der Waals surface area contributed by atoms with Crippen molar-refractivity contribution in [2.75, 3.05) is 27.4 Å². The van der Waals surface area contributed by atoms with E-state index in [9.17, 15) is 15.0 Å². The second-order valence-corrected chi connectivity index (χ2v) is 11.1. The normalized spacial score (nSPS) is 17.8. The highest BCUT2D eigenvalue weighted by molar-refractivity contribution is 6.02. The summed E-state index contributed by atoms with van der Waals surface area (Å²) in [5.74, 6) is 0.410. The van der Waals surface area contributed by atoms with Gasteiger partial charge in [0, 0.05) is 25.3 Å². The summed E-state index contributed by atoms with van der Waals surface area (Å²) in [5, 5.41) is 20.7. The van der Waals surface area contributed by atoms with Crippen LogP contribution < -0.4 is 9.47 Å². The van der Waals surface area contributed by atoms with Crippen LogP contribution in [0.25, 0.3) is 0 Å². The molecule has 2 unspecified atom stereocenters. The van der Waals surface area contributed by atoms with Crippen molar-refractivity contribution in [1.82, 2.24) is 0 Å². The van der Waals surface area contributed by atoms with Gasteiger partial charge in [-0.05, 0) is 73.2 Å². The average Bonchev–Trinajstić information content (AvgIpc) is 3.67. The highest BCUT2D eigenvalue weighted by Gasteiger charge is 2.41. The fourth-order valence-corrected chi connectivity index (χ4v) is 6.08. The fraction of sp³-hybridized carbons (Fsp3) is 0.606. The molecule has 2 fully saturated rings. The topological polar surface area (TPSA) is 94.5 Å². The van der Waals surface area contributed by atoms with E-state index in [-0.39, 0.29) is 26.4 Å². The number of ether oxygens (including phenoxy) is 4. The third-order valence-electron chi connectivity index (χ3n) is 8.27. The number of ketones is 1. The van der Waals surface area contributed by atoms with E-state index in [0.717, 1.165) is 12.8 Å². The molecule has 2 aliphatic carbocycles. The molecule has 2 N–H and O–H groups in total. The fourth-order valence-electron chi connectivity index (χ4n) is 6.08. The van der Waals surface area contributed by atoms with E-state index in [1.165, 1.54) is 65.6 Å². The number of carbonyl (C=O) groups excluding carboxylic acids is 1. The van der Waals surface area contributed by atoms with Gasteiger partial charge >= 0.3 is 0 Å². The number of hydrogen-bond acceptors (Lipinski definition) is 7. The van der Waals surface area contributed by atoms with Gasteiger partial charge in [-0.3, -0.25) is 4.79 Å². The van der Waals surface area contributed by atoms with Gasteiger partial charge in [-0.25, -0.2) is 0 Å². The first-order valence-corrected chi connectivity index (χ1v) is 14.4. The lowest BCUT2D eigenvalue weighted by Gasteiger charge is -2.30. The van der Waals surface area contributed by atoms with Gasteiger partial charge < -0.3 is 29.2 Å². The molecule has 0 spiro atoms. The van der Waals surface area contributed by atoms with E-state index >= 15 is 0 Å². The number of rotatable bonds is 15. The van der Waals surface area contributed by atoms with Crippen LogP contribution in [0.1, 0.15) is 87.6 Å². The Morgan fingerprint density at radius 3 is 1.55 bits per heavy atom. The third-order valence-corrected chi connectivity index (χ3v) is 8.27. The summed E-state index contributed by atoms with van der Waals surface area (Å²) in [6.45, 7) is 0.469. The first-order valence-electron chi connectivity index (χ1n) is 14.4. The van der Waals surface area contributed by atoms with Crippen LogP contribution in [0.15, 0.2) is 48.5 Å². The van der Waals surface area contributed by atoms with Crippen molar-refractivity contribution in [3.05, 3.63) is 59.7 Å². The second kappa shape index (κ2) is 15.5. The van der Waals surface area contributed by atoms with Crippen molar-refractivity contribution in [2.45, 2.75) is 89.6 Å². The average molecular weight is 557 g/mol. The summed E-state index contributed by atoms with van der Waals surface area (Å²) in [6, 6.07) is 13.8. The zero-order chi connectivity index (χ0) is 27.7. The number of benzene rings is 2. The Bertz CT molecular complexity index is 1000. The number of Topliss-reactive ketones (excluding diaryl/α,β-unsaturated/α-hetero) is 1. The Balaban J connectivity index is 0.00000441. The van der Waals surface area contributed by atoms with Crippen molar-refractivity contribution in [1.29, 1.82) is 0 Å². The van der Waals surface area contributed by atoms with Crippen molar-refractivity contribution in [3.63, 3.8) is 0 Å². The lowest BCUT2D eigenvalue weighted by molar-refractivity contribution is -0.176. The first-order chi connectivity index (χ1) is 18.9. The highest BCUT2D eigenvalue weighted by atomic mass is 16.7. The van der Waals surface area contributed by atoms with E-state index in [1.54, 1.807) is 48.5 Å². The van der Waals surface area contributed by atoms with Crippen LogP contribution in [-0.4, -0.2) is 55.6 Å². The summed E-state index contributed by atoms with van der Waals surface area (Å²) >= 11 is 0. The summed E-state index contributed by atoms with van der Waals surface area (Å²) in [7, 11) is 2.88. The van der Waals surface area contributed by atoms with Crippen LogP contribution >= 0.6 is 0 Å². The maximum atomic E-state index is 13.6. The quantitative estimate of drug-likeness (QED) is 0.197. The van der Waals surface area contributed by atoms with E-state index in [1.807, 2.05) is 0 Å². The van der Waals surface area contributed by atoms with Gasteiger partial charge in [-0.15, -0.1) is 0 Å². The molecule has 2 aromatic carbocycles. The van der Waals surface area contributed by atoms with Crippen LogP contribution in [0.2, 0.25) is 0 Å². The molecule has 7 nitrogen and oxygen atoms in total. The molecule has 0 bridgehead atoms. The van der Waals surface area contributed by atoms with Gasteiger partial charge in [-0.1, -0.05) is 58.8 Å². The van der Waals surface area contributed by atoms with Crippen molar-refractivity contribution >= 4 is 5.78 Å². The standard InChI is InChI=1S/C32H44O7.CH4/c1-36-32(37-2,26-13-17-30(18-14-26)39-22-28(34)20-24-9-5-6-10-24)31(35)25-11-15-29(16-12-25)38-21-27(33)19-23-7-3-4-8-23;/h11-18,23-24,27-28,33-34H,3-10,19-22H2,1-2H3;1H4. The van der Waals surface area contributed by atoms with Gasteiger partial charge in [0.25, 0.3) is 5.79 Å². The molecule has 2 aliphatic rings. The number of aliphatic hydroxyl groups is 2. The largest absolute Gasteiger partial charge is 0.491 e. The Hall–Kier alpha value is -2.45. The maximum Gasteiger partial charge on any atom is 0.260 e. The molecule has 0 saturated heterocycles. The predicted molar refractivity (Wildman–Crippen MR) is 156 cm³/mol. The van der Waals surface area contributed by atoms with E-state index < -0.39 is 18.0 Å². The first kappa shape index (κ1) is 32.1. The molecule has 2 saturated carbocycles. The van der Waals surface area contributed by atoms with Crippen LogP contribution in [0, 0.1) is 11.8 Å². The summed E-state index contributed by atoms with van der Waals surface area (Å²) in [6.07, 6.45) is 10.3. The molecule has 0 heterocycles. The minimum Gasteiger partial charge on any atom is -0.491 e. The van der Waals surface area contributed by atoms with E-state index in [4.69, 9.17) is 18.9 Å². The monoisotopic (exact) mass is 556 g/mol. The van der Waals surface area contributed by atoms with Crippen LogP contribution in [0.4, 0.5) is 0 Å². The van der Waals surface area contributed by atoms with Crippen molar-refractivity contribution in [3.8, 4) is 11.5 Å².